The third kappa shape index (κ3) is 3.70. The number of aliphatic hydroxyl groups excluding tert-OH is 1. The first kappa shape index (κ1) is 13.4. The minimum absolute atomic E-state index is 0.0601. The van der Waals surface area contributed by atoms with Crippen LogP contribution in [0.2, 0.25) is 0 Å². The SMILES string of the molecule is COc1ccc(C(SCCO)C(C)N)cc1. The van der Waals surface area contributed by atoms with Crippen LogP contribution < -0.4 is 10.5 Å². The predicted molar refractivity (Wildman–Crippen MR) is 68.9 cm³/mol. The van der Waals surface area contributed by atoms with Crippen molar-refractivity contribution in [3.8, 4) is 5.75 Å². The summed E-state index contributed by atoms with van der Waals surface area (Å²) in [5.41, 5.74) is 7.12. The highest BCUT2D eigenvalue weighted by molar-refractivity contribution is 7.99. The van der Waals surface area contributed by atoms with Gasteiger partial charge in [-0.3, -0.25) is 0 Å². The van der Waals surface area contributed by atoms with Gasteiger partial charge in [0.2, 0.25) is 0 Å². The third-order valence-corrected chi connectivity index (χ3v) is 3.79. The third-order valence-electron chi connectivity index (χ3n) is 2.31. The van der Waals surface area contributed by atoms with Crippen molar-refractivity contribution < 1.29 is 9.84 Å². The van der Waals surface area contributed by atoms with Gasteiger partial charge in [0.05, 0.1) is 13.7 Å². The summed E-state index contributed by atoms with van der Waals surface area (Å²) in [5.74, 6) is 1.55. The van der Waals surface area contributed by atoms with Crippen molar-refractivity contribution in [1.82, 2.24) is 0 Å². The van der Waals surface area contributed by atoms with Crippen molar-refractivity contribution in [1.29, 1.82) is 0 Å². The number of methoxy groups -OCH3 is 1. The Balaban J connectivity index is 2.75. The summed E-state index contributed by atoms with van der Waals surface area (Å²) in [6.45, 7) is 2.17. The fourth-order valence-electron chi connectivity index (χ4n) is 1.52. The highest BCUT2D eigenvalue weighted by atomic mass is 32.2. The molecule has 0 aliphatic heterocycles. The van der Waals surface area contributed by atoms with Gasteiger partial charge in [0.1, 0.15) is 5.75 Å². The standard InChI is InChI=1S/C12H19NO2S/c1-9(13)12(16-8-7-14)10-3-5-11(15-2)6-4-10/h3-6,9,12,14H,7-8,13H2,1-2H3. The second kappa shape index (κ2) is 6.78. The molecule has 0 saturated heterocycles. The maximum atomic E-state index is 8.84. The minimum atomic E-state index is 0.0601. The van der Waals surface area contributed by atoms with Crippen LogP contribution in [-0.4, -0.2) is 30.6 Å². The first-order valence-corrected chi connectivity index (χ1v) is 6.36. The van der Waals surface area contributed by atoms with E-state index >= 15 is 0 Å². The van der Waals surface area contributed by atoms with Crippen LogP contribution >= 0.6 is 11.8 Å². The van der Waals surface area contributed by atoms with Gasteiger partial charge in [-0.2, -0.15) is 0 Å². The molecule has 1 aromatic rings. The topological polar surface area (TPSA) is 55.5 Å². The van der Waals surface area contributed by atoms with Crippen LogP contribution in [0.15, 0.2) is 24.3 Å². The number of thioether (sulfide) groups is 1. The van der Waals surface area contributed by atoms with Crippen LogP contribution in [0.1, 0.15) is 17.7 Å². The molecule has 0 spiro atoms. The summed E-state index contributed by atoms with van der Waals surface area (Å²) in [6.07, 6.45) is 0. The molecule has 4 heteroatoms. The Hall–Kier alpha value is -0.710. The lowest BCUT2D eigenvalue weighted by Crippen LogP contribution is -2.23. The smallest absolute Gasteiger partial charge is 0.118 e. The summed E-state index contributed by atoms with van der Waals surface area (Å²) in [4.78, 5) is 0. The van der Waals surface area contributed by atoms with E-state index in [0.29, 0.717) is 5.75 Å². The second-order valence-corrected chi connectivity index (χ2v) is 4.90. The van der Waals surface area contributed by atoms with Crippen molar-refractivity contribution in [3.05, 3.63) is 29.8 Å². The van der Waals surface area contributed by atoms with Crippen LogP contribution in [0, 0.1) is 0 Å². The van der Waals surface area contributed by atoms with Crippen LogP contribution in [0.4, 0.5) is 0 Å². The molecular weight excluding hydrogens is 222 g/mol. The van der Waals surface area contributed by atoms with Gasteiger partial charge in [0.15, 0.2) is 0 Å². The molecule has 2 atom stereocenters. The molecule has 16 heavy (non-hydrogen) atoms. The number of ether oxygens (including phenoxy) is 1. The molecule has 0 aliphatic rings. The Morgan fingerprint density at radius 2 is 2.00 bits per heavy atom. The quantitative estimate of drug-likeness (QED) is 0.797. The lowest BCUT2D eigenvalue weighted by Gasteiger charge is -2.20. The van der Waals surface area contributed by atoms with Gasteiger partial charge in [0.25, 0.3) is 0 Å². The molecule has 1 aromatic carbocycles. The molecule has 0 heterocycles. The minimum Gasteiger partial charge on any atom is -0.497 e. The zero-order chi connectivity index (χ0) is 12.0. The van der Waals surface area contributed by atoms with E-state index < -0.39 is 0 Å². The summed E-state index contributed by atoms with van der Waals surface area (Å²) >= 11 is 1.68. The maximum Gasteiger partial charge on any atom is 0.118 e. The summed E-state index contributed by atoms with van der Waals surface area (Å²) in [6, 6.07) is 7.98. The lowest BCUT2D eigenvalue weighted by molar-refractivity contribution is 0.322. The van der Waals surface area contributed by atoms with E-state index in [1.165, 1.54) is 5.56 Å². The number of hydrogen-bond donors (Lipinski definition) is 2. The van der Waals surface area contributed by atoms with Gasteiger partial charge >= 0.3 is 0 Å². The highest BCUT2D eigenvalue weighted by Crippen LogP contribution is 2.31. The van der Waals surface area contributed by atoms with Crippen molar-refractivity contribution in [2.24, 2.45) is 5.73 Å². The Kier molecular flexibility index (Phi) is 5.66. The Labute approximate surface area is 101 Å². The molecule has 2 unspecified atom stereocenters. The highest BCUT2D eigenvalue weighted by Gasteiger charge is 2.16. The maximum absolute atomic E-state index is 8.84. The fourth-order valence-corrected chi connectivity index (χ4v) is 2.54. The molecule has 0 bridgehead atoms. The van der Waals surface area contributed by atoms with Crippen LogP contribution in [0.5, 0.6) is 5.75 Å². The average Bonchev–Trinajstić information content (AvgIpc) is 2.30. The van der Waals surface area contributed by atoms with Crippen molar-refractivity contribution >= 4 is 11.8 Å². The number of hydrogen-bond acceptors (Lipinski definition) is 4. The monoisotopic (exact) mass is 241 g/mol. The molecule has 90 valence electrons. The van der Waals surface area contributed by atoms with Gasteiger partial charge in [-0.05, 0) is 24.6 Å². The van der Waals surface area contributed by atoms with Crippen molar-refractivity contribution in [2.45, 2.75) is 18.2 Å². The van der Waals surface area contributed by atoms with Crippen LogP contribution in [0.3, 0.4) is 0 Å². The van der Waals surface area contributed by atoms with Crippen LogP contribution in [-0.2, 0) is 0 Å². The molecular formula is C12H19NO2S. The Bertz CT molecular complexity index is 300. The number of nitrogens with two attached hydrogens (primary N) is 1. The Morgan fingerprint density at radius 3 is 2.44 bits per heavy atom. The van der Waals surface area contributed by atoms with Crippen LogP contribution in [0.25, 0.3) is 0 Å². The van der Waals surface area contributed by atoms with E-state index in [2.05, 4.69) is 0 Å². The zero-order valence-electron chi connectivity index (χ0n) is 9.72. The van der Waals surface area contributed by atoms with E-state index in [-0.39, 0.29) is 17.9 Å². The normalized spacial score (nSPS) is 14.5. The molecule has 3 nitrogen and oxygen atoms in total. The van der Waals surface area contributed by atoms with E-state index in [4.69, 9.17) is 15.6 Å². The molecule has 0 aliphatic carbocycles. The molecule has 0 fully saturated rings. The summed E-state index contributed by atoms with van der Waals surface area (Å²) < 4.78 is 5.11. The van der Waals surface area contributed by atoms with E-state index in [0.717, 1.165) is 5.75 Å². The van der Waals surface area contributed by atoms with E-state index in [9.17, 15) is 0 Å². The van der Waals surface area contributed by atoms with Gasteiger partial charge < -0.3 is 15.6 Å². The summed E-state index contributed by atoms with van der Waals surface area (Å²) in [7, 11) is 1.65. The lowest BCUT2D eigenvalue weighted by atomic mass is 10.1. The van der Waals surface area contributed by atoms with Crippen molar-refractivity contribution in [2.75, 3.05) is 19.5 Å². The van der Waals surface area contributed by atoms with Crippen molar-refractivity contribution in [3.63, 3.8) is 0 Å². The average molecular weight is 241 g/mol. The molecule has 0 amide bonds. The second-order valence-electron chi connectivity index (χ2n) is 3.65. The Morgan fingerprint density at radius 1 is 1.38 bits per heavy atom. The first-order chi connectivity index (χ1) is 7.69. The number of benzene rings is 1. The molecule has 0 radical (unpaired) electrons. The molecule has 3 N–H and O–H groups in total. The zero-order valence-corrected chi connectivity index (χ0v) is 10.5. The van der Waals surface area contributed by atoms with Gasteiger partial charge in [-0.15, -0.1) is 11.8 Å². The first-order valence-electron chi connectivity index (χ1n) is 5.31. The predicted octanol–water partition coefficient (Wildman–Crippen LogP) is 1.81. The largest absolute Gasteiger partial charge is 0.497 e. The fraction of sp³-hybridized carbons (Fsp3) is 0.500. The molecule has 0 saturated carbocycles. The van der Waals surface area contributed by atoms with Gasteiger partial charge in [0, 0.05) is 17.0 Å². The molecule has 0 aromatic heterocycles. The summed E-state index contributed by atoms with van der Waals surface area (Å²) in [5, 5.41) is 9.06. The number of aliphatic hydroxyl groups is 1. The van der Waals surface area contributed by atoms with Gasteiger partial charge in [-0.25, -0.2) is 0 Å². The van der Waals surface area contributed by atoms with E-state index in [1.807, 2.05) is 31.2 Å². The van der Waals surface area contributed by atoms with E-state index in [1.54, 1.807) is 18.9 Å². The van der Waals surface area contributed by atoms with Gasteiger partial charge in [-0.1, -0.05) is 12.1 Å². The number of rotatable bonds is 6. The molecule has 1 rings (SSSR count).